The summed E-state index contributed by atoms with van der Waals surface area (Å²) in [5.74, 6) is -0.222. The minimum absolute atomic E-state index is 0.196. The molecule has 1 atom stereocenters. The molecule has 5 heteroatoms. The van der Waals surface area contributed by atoms with Gasteiger partial charge in [-0.1, -0.05) is 60.7 Å². The van der Waals surface area contributed by atoms with Crippen LogP contribution in [-0.2, 0) is 22.5 Å². The van der Waals surface area contributed by atoms with Gasteiger partial charge in [0.25, 0.3) is 0 Å². The standard InChI is InChI=1S/C26H25NO4/c1-3-31-25(29)26(17-19-10-6-4-7-11-19)24(28)22-16-21(30-2)14-15-23(22)27(26)18-20-12-8-5-9-13-20/h4-16H,3,17-18H2,1-2H3. The third kappa shape index (κ3) is 3.67. The van der Waals surface area contributed by atoms with Crippen molar-refractivity contribution < 1.29 is 19.1 Å². The van der Waals surface area contributed by atoms with E-state index in [2.05, 4.69) is 0 Å². The molecule has 0 saturated heterocycles. The molecular weight excluding hydrogens is 390 g/mol. The lowest BCUT2D eigenvalue weighted by atomic mass is 9.85. The third-order valence-electron chi connectivity index (χ3n) is 5.67. The summed E-state index contributed by atoms with van der Waals surface area (Å²) in [7, 11) is 1.56. The summed E-state index contributed by atoms with van der Waals surface area (Å²) < 4.78 is 10.8. The van der Waals surface area contributed by atoms with E-state index in [4.69, 9.17) is 9.47 Å². The number of carbonyl (C=O) groups is 2. The van der Waals surface area contributed by atoms with Gasteiger partial charge >= 0.3 is 5.97 Å². The average molecular weight is 415 g/mol. The van der Waals surface area contributed by atoms with Crippen molar-refractivity contribution >= 4 is 17.4 Å². The number of anilines is 1. The number of Topliss-reactive ketones (excluding diaryl/α,β-unsaturated/α-hetero) is 1. The van der Waals surface area contributed by atoms with Gasteiger partial charge in [0.05, 0.1) is 13.7 Å². The predicted molar refractivity (Wildman–Crippen MR) is 119 cm³/mol. The highest BCUT2D eigenvalue weighted by Gasteiger charge is 2.58. The van der Waals surface area contributed by atoms with Gasteiger partial charge in [0.15, 0.2) is 0 Å². The average Bonchev–Trinajstić information content (AvgIpc) is 3.03. The van der Waals surface area contributed by atoms with Gasteiger partial charge in [0.2, 0.25) is 11.3 Å². The minimum atomic E-state index is -1.48. The van der Waals surface area contributed by atoms with Crippen LogP contribution in [0.25, 0.3) is 0 Å². The Morgan fingerprint density at radius 2 is 1.58 bits per heavy atom. The summed E-state index contributed by atoms with van der Waals surface area (Å²) in [6.45, 7) is 2.35. The summed E-state index contributed by atoms with van der Waals surface area (Å²) in [6.07, 6.45) is 0.218. The van der Waals surface area contributed by atoms with Gasteiger partial charge in [-0.15, -0.1) is 0 Å². The van der Waals surface area contributed by atoms with Gasteiger partial charge in [-0.05, 0) is 36.2 Å². The molecule has 0 bridgehead atoms. The first kappa shape index (κ1) is 20.7. The van der Waals surface area contributed by atoms with Gasteiger partial charge < -0.3 is 14.4 Å². The number of ketones is 1. The number of hydrogen-bond donors (Lipinski definition) is 0. The Bertz CT molecular complexity index is 1080. The number of esters is 1. The molecule has 0 radical (unpaired) electrons. The van der Waals surface area contributed by atoms with Crippen molar-refractivity contribution in [1.29, 1.82) is 0 Å². The maximum Gasteiger partial charge on any atom is 0.340 e. The van der Waals surface area contributed by atoms with Crippen molar-refractivity contribution in [3.8, 4) is 5.75 Å². The molecule has 1 heterocycles. The second-order valence-corrected chi connectivity index (χ2v) is 7.53. The summed E-state index contributed by atoms with van der Waals surface area (Å²) in [6, 6.07) is 24.8. The molecule has 5 nitrogen and oxygen atoms in total. The number of nitrogens with zero attached hydrogens (tertiary/aromatic N) is 1. The minimum Gasteiger partial charge on any atom is -0.497 e. The van der Waals surface area contributed by atoms with Gasteiger partial charge in [0, 0.05) is 24.2 Å². The molecule has 0 fully saturated rings. The van der Waals surface area contributed by atoms with E-state index in [0.29, 0.717) is 23.5 Å². The third-order valence-corrected chi connectivity index (χ3v) is 5.67. The molecule has 3 aromatic rings. The normalized spacial score (nSPS) is 17.4. The number of carbonyl (C=O) groups excluding carboxylic acids is 2. The number of benzene rings is 3. The van der Waals surface area contributed by atoms with Crippen LogP contribution in [0.15, 0.2) is 78.9 Å². The summed E-state index contributed by atoms with van der Waals surface area (Å²) in [4.78, 5) is 29.3. The number of methoxy groups -OCH3 is 1. The van der Waals surface area contributed by atoms with Crippen LogP contribution in [0.4, 0.5) is 5.69 Å². The Hall–Kier alpha value is -3.60. The van der Waals surface area contributed by atoms with Crippen molar-refractivity contribution in [3.05, 3.63) is 95.6 Å². The maximum absolute atomic E-state index is 13.9. The lowest BCUT2D eigenvalue weighted by Crippen LogP contribution is -2.58. The summed E-state index contributed by atoms with van der Waals surface area (Å²) in [5, 5.41) is 0. The number of rotatable bonds is 7. The summed E-state index contributed by atoms with van der Waals surface area (Å²) >= 11 is 0. The fourth-order valence-corrected chi connectivity index (χ4v) is 4.19. The van der Waals surface area contributed by atoms with Crippen molar-refractivity contribution in [2.45, 2.75) is 25.4 Å². The first-order valence-corrected chi connectivity index (χ1v) is 10.4. The number of fused-ring (bicyclic) bond motifs is 1. The van der Waals surface area contributed by atoms with Crippen LogP contribution in [-0.4, -0.2) is 31.0 Å². The van der Waals surface area contributed by atoms with Crippen LogP contribution in [0.5, 0.6) is 5.75 Å². The highest BCUT2D eigenvalue weighted by Crippen LogP contribution is 2.44. The molecule has 0 aromatic heterocycles. The predicted octanol–water partition coefficient (Wildman–Crippen LogP) is 4.44. The highest BCUT2D eigenvalue weighted by molar-refractivity contribution is 6.25. The molecule has 31 heavy (non-hydrogen) atoms. The zero-order chi connectivity index (χ0) is 21.8. The highest BCUT2D eigenvalue weighted by atomic mass is 16.5. The molecule has 4 rings (SSSR count). The second kappa shape index (κ2) is 8.64. The van der Waals surface area contributed by atoms with Crippen molar-refractivity contribution in [2.75, 3.05) is 18.6 Å². The second-order valence-electron chi connectivity index (χ2n) is 7.53. The fraction of sp³-hybridized carbons (Fsp3) is 0.231. The van der Waals surface area contributed by atoms with Crippen LogP contribution in [0.3, 0.4) is 0 Å². The van der Waals surface area contributed by atoms with E-state index in [0.717, 1.165) is 11.1 Å². The molecule has 0 aliphatic carbocycles. The molecule has 0 N–H and O–H groups in total. The van der Waals surface area contributed by atoms with E-state index < -0.39 is 11.5 Å². The van der Waals surface area contributed by atoms with Crippen molar-refractivity contribution in [2.24, 2.45) is 0 Å². The van der Waals surface area contributed by atoms with Crippen LogP contribution in [0.1, 0.15) is 28.4 Å². The van der Waals surface area contributed by atoms with E-state index in [1.165, 1.54) is 0 Å². The number of ether oxygens (including phenoxy) is 2. The molecule has 0 saturated carbocycles. The Kier molecular flexibility index (Phi) is 5.76. The molecule has 1 unspecified atom stereocenters. The van der Waals surface area contributed by atoms with Crippen LogP contribution >= 0.6 is 0 Å². The molecule has 0 amide bonds. The summed E-state index contributed by atoms with van der Waals surface area (Å²) in [5.41, 5.74) is 1.59. The van der Waals surface area contributed by atoms with Gasteiger partial charge in [-0.25, -0.2) is 4.79 Å². The fourth-order valence-electron chi connectivity index (χ4n) is 4.19. The van der Waals surface area contributed by atoms with E-state index in [9.17, 15) is 9.59 Å². The van der Waals surface area contributed by atoms with Crippen LogP contribution in [0, 0.1) is 0 Å². The topological polar surface area (TPSA) is 55.8 Å². The van der Waals surface area contributed by atoms with Crippen molar-refractivity contribution in [3.63, 3.8) is 0 Å². The molecule has 3 aromatic carbocycles. The van der Waals surface area contributed by atoms with Gasteiger partial charge in [-0.3, -0.25) is 4.79 Å². The van der Waals surface area contributed by atoms with Crippen LogP contribution in [0.2, 0.25) is 0 Å². The van der Waals surface area contributed by atoms with E-state index >= 15 is 0 Å². The largest absolute Gasteiger partial charge is 0.497 e. The lowest BCUT2D eigenvalue weighted by molar-refractivity contribution is -0.147. The Balaban J connectivity index is 1.90. The van der Waals surface area contributed by atoms with Crippen molar-refractivity contribution in [1.82, 2.24) is 0 Å². The molecule has 1 aliphatic heterocycles. The van der Waals surface area contributed by atoms with Gasteiger partial charge in [-0.2, -0.15) is 0 Å². The number of hydrogen-bond acceptors (Lipinski definition) is 5. The Labute approximate surface area is 182 Å². The van der Waals surface area contributed by atoms with E-state index in [-0.39, 0.29) is 18.8 Å². The Morgan fingerprint density at radius 3 is 2.19 bits per heavy atom. The zero-order valence-corrected chi connectivity index (χ0v) is 17.7. The zero-order valence-electron chi connectivity index (χ0n) is 17.7. The van der Waals surface area contributed by atoms with Crippen LogP contribution < -0.4 is 9.64 Å². The molecule has 158 valence electrons. The smallest absolute Gasteiger partial charge is 0.340 e. The molecule has 0 spiro atoms. The lowest BCUT2D eigenvalue weighted by Gasteiger charge is -2.37. The maximum atomic E-state index is 13.9. The molecular formula is C26H25NO4. The van der Waals surface area contributed by atoms with E-state index in [1.807, 2.05) is 77.7 Å². The quantitative estimate of drug-likeness (QED) is 0.422. The van der Waals surface area contributed by atoms with Gasteiger partial charge in [0.1, 0.15) is 5.75 Å². The monoisotopic (exact) mass is 415 g/mol. The first-order chi connectivity index (χ1) is 15.1. The SMILES string of the molecule is CCOC(=O)C1(Cc2ccccc2)C(=O)c2cc(OC)ccc2N1Cc1ccccc1. The van der Waals surface area contributed by atoms with E-state index in [1.54, 1.807) is 20.1 Å². The first-order valence-electron chi connectivity index (χ1n) is 10.4. The Morgan fingerprint density at radius 1 is 0.935 bits per heavy atom. The molecule has 1 aliphatic rings.